The molecule has 5 heteroatoms. The van der Waals surface area contributed by atoms with E-state index < -0.39 is 22.5 Å². The Hall–Kier alpha value is -1.49. The van der Waals surface area contributed by atoms with Crippen LogP contribution in [0.2, 0.25) is 0 Å². The minimum atomic E-state index is -0.774. The van der Waals surface area contributed by atoms with E-state index in [1.54, 1.807) is 13.0 Å². The molecule has 1 atom stereocenters. The van der Waals surface area contributed by atoms with Crippen LogP contribution in [0, 0.1) is 21.3 Å². The minimum absolute atomic E-state index is 0.282. The average molecular weight is 239 g/mol. The maximum Gasteiger partial charge on any atom is 0.305 e. The maximum atomic E-state index is 13.8. The smallest absolute Gasteiger partial charge is 0.305 e. The Morgan fingerprint density at radius 1 is 1.59 bits per heavy atom. The number of nitrogens with zero attached hydrogens (tertiary/aromatic N) is 1. The van der Waals surface area contributed by atoms with Gasteiger partial charge in [0.2, 0.25) is 5.82 Å². The van der Waals surface area contributed by atoms with E-state index in [0.29, 0.717) is 12.0 Å². The zero-order valence-electron chi connectivity index (χ0n) is 9.52. The first-order valence-electron chi connectivity index (χ1n) is 5.56. The van der Waals surface area contributed by atoms with E-state index in [1.165, 1.54) is 6.07 Å². The van der Waals surface area contributed by atoms with Crippen LogP contribution in [-0.4, -0.2) is 16.1 Å². The number of halogens is 1. The molecular formula is C12H14FNO3. The number of nitro groups is 1. The molecule has 1 aliphatic carbocycles. The summed E-state index contributed by atoms with van der Waals surface area (Å²) in [5.74, 6) is -0.774. The molecular weight excluding hydrogens is 225 g/mol. The highest BCUT2D eigenvalue weighted by atomic mass is 19.1. The second-order valence-electron chi connectivity index (χ2n) is 4.72. The van der Waals surface area contributed by atoms with Crippen LogP contribution in [0.1, 0.15) is 25.3 Å². The lowest BCUT2D eigenvalue weighted by Gasteiger charge is -2.18. The van der Waals surface area contributed by atoms with Gasteiger partial charge >= 0.3 is 5.69 Å². The Kier molecular flexibility index (Phi) is 2.87. The number of aliphatic hydroxyl groups is 1. The Labute approximate surface area is 98.2 Å². The summed E-state index contributed by atoms with van der Waals surface area (Å²) in [5.41, 5.74) is -0.461. The monoisotopic (exact) mass is 239 g/mol. The van der Waals surface area contributed by atoms with Gasteiger partial charge in [-0.15, -0.1) is 0 Å². The molecule has 0 aromatic heterocycles. The normalized spacial score (nSPS) is 18.8. The molecule has 0 amide bonds. The zero-order chi connectivity index (χ0) is 12.6. The van der Waals surface area contributed by atoms with Gasteiger partial charge in [0.15, 0.2) is 0 Å². The fourth-order valence-corrected chi connectivity index (χ4v) is 2.13. The van der Waals surface area contributed by atoms with Crippen molar-refractivity contribution in [2.75, 3.05) is 0 Å². The van der Waals surface area contributed by atoms with Crippen LogP contribution in [0.3, 0.4) is 0 Å². The lowest BCUT2D eigenvalue weighted by atomic mass is 9.91. The van der Waals surface area contributed by atoms with Crippen LogP contribution in [0.15, 0.2) is 18.2 Å². The van der Waals surface area contributed by atoms with Gasteiger partial charge in [-0.25, -0.2) is 0 Å². The Bertz CT molecular complexity index is 455. The van der Waals surface area contributed by atoms with Crippen molar-refractivity contribution in [3.05, 3.63) is 39.7 Å². The lowest BCUT2D eigenvalue weighted by molar-refractivity contribution is -0.387. The van der Waals surface area contributed by atoms with Crippen LogP contribution in [0.5, 0.6) is 0 Å². The summed E-state index contributed by atoms with van der Waals surface area (Å²) >= 11 is 0. The molecule has 1 fully saturated rings. The summed E-state index contributed by atoms with van der Waals surface area (Å²) in [5, 5.41) is 20.2. The maximum absolute atomic E-state index is 13.8. The largest absolute Gasteiger partial charge is 0.393 e. The van der Waals surface area contributed by atoms with E-state index in [-0.39, 0.29) is 5.41 Å². The number of benzene rings is 1. The molecule has 4 nitrogen and oxygen atoms in total. The van der Waals surface area contributed by atoms with E-state index in [0.717, 1.165) is 18.9 Å². The molecule has 0 aliphatic heterocycles. The number of hydrogen-bond donors (Lipinski definition) is 1. The van der Waals surface area contributed by atoms with E-state index in [1.807, 2.05) is 0 Å². The van der Waals surface area contributed by atoms with Gasteiger partial charge in [0.05, 0.1) is 11.0 Å². The highest BCUT2D eigenvalue weighted by Crippen LogP contribution is 2.51. The lowest BCUT2D eigenvalue weighted by Crippen LogP contribution is -2.21. The average Bonchev–Trinajstić information content (AvgIpc) is 3.02. The van der Waals surface area contributed by atoms with Crippen molar-refractivity contribution >= 4 is 5.69 Å². The predicted molar refractivity (Wildman–Crippen MR) is 60.1 cm³/mol. The number of nitro benzene ring substituents is 1. The molecule has 17 heavy (non-hydrogen) atoms. The molecule has 1 saturated carbocycles. The fraction of sp³-hybridized carbons (Fsp3) is 0.500. The Morgan fingerprint density at radius 3 is 2.71 bits per heavy atom. The molecule has 1 aromatic carbocycles. The summed E-state index contributed by atoms with van der Waals surface area (Å²) in [6.45, 7) is 1.68. The first kappa shape index (κ1) is 12.0. The molecule has 0 bridgehead atoms. The predicted octanol–water partition coefficient (Wildman–Crippen LogP) is 2.44. The van der Waals surface area contributed by atoms with Crippen LogP contribution < -0.4 is 0 Å². The van der Waals surface area contributed by atoms with Crippen LogP contribution in [0.4, 0.5) is 10.1 Å². The van der Waals surface area contributed by atoms with Crippen LogP contribution in [0.25, 0.3) is 0 Å². The van der Waals surface area contributed by atoms with Gasteiger partial charge in [-0.2, -0.15) is 4.39 Å². The highest BCUT2D eigenvalue weighted by molar-refractivity contribution is 5.37. The van der Waals surface area contributed by atoms with E-state index >= 15 is 0 Å². The van der Waals surface area contributed by atoms with Crippen molar-refractivity contribution < 1.29 is 14.4 Å². The minimum Gasteiger partial charge on any atom is -0.393 e. The molecule has 1 N–H and O–H groups in total. The molecule has 1 aromatic rings. The van der Waals surface area contributed by atoms with Gasteiger partial charge in [-0.05, 0) is 31.7 Å². The van der Waals surface area contributed by atoms with Crippen LogP contribution >= 0.6 is 0 Å². The Balaban J connectivity index is 2.28. The molecule has 0 saturated heterocycles. The number of aliphatic hydroxyl groups excluding tert-OH is 1. The van der Waals surface area contributed by atoms with E-state index in [4.69, 9.17) is 0 Å². The second kappa shape index (κ2) is 4.07. The Morgan fingerprint density at radius 2 is 2.24 bits per heavy atom. The molecule has 92 valence electrons. The fourth-order valence-electron chi connectivity index (χ4n) is 2.13. The van der Waals surface area contributed by atoms with E-state index in [9.17, 15) is 19.6 Å². The molecule has 0 heterocycles. The molecule has 1 aliphatic rings. The topological polar surface area (TPSA) is 63.4 Å². The molecule has 2 rings (SSSR count). The quantitative estimate of drug-likeness (QED) is 0.648. The van der Waals surface area contributed by atoms with Gasteiger partial charge in [-0.3, -0.25) is 10.1 Å². The van der Waals surface area contributed by atoms with Crippen molar-refractivity contribution in [3.8, 4) is 0 Å². The first-order chi connectivity index (χ1) is 7.96. The van der Waals surface area contributed by atoms with Gasteiger partial charge in [0.25, 0.3) is 0 Å². The van der Waals surface area contributed by atoms with Gasteiger partial charge < -0.3 is 5.11 Å². The molecule has 0 radical (unpaired) electrons. The van der Waals surface area contributed by atoms with Crippen LogP contribution in [-0.2, 0) is 6.42 Å². The third-order valence-corrected chi connectivity index (χ3v) is 3.58. The van der Waals surface area contributed by atoms with Crippen molar-refractivity contribution in [2.45, 2.75) is 32.3 Å². The molecule has 0 spiro atoms. The van der Waals surface area contributed by atoms with Crippen molar-refractivity contribution in [1.82, 2.24) is 0 Å². The van der Waals surface area contributed by atoms with Crippen molar-refractivity contribution in [3.63, 3.8) is 0 Å². The summed E-state index contributed by atoms with van der Waals surface area (Å²) in [6.07, 6.45) is 1.53. The SMILES string of the molecule is CC(O)C1(Cc2cccc([N+](=O)[O-])c2F)CC1. The third kappa shape index (κ3) is 2.15. The number of hydrogen-bond acceptors (Lipinski definition) is 3. The van der Waals surface area contributed by atoms with E-state index in [2.05, 4.69) is 0 Å². The van der Waals surface area contributed by atoms with Crippen molar-refractivity contribution in [1.29, 1.82) is 0 Å². The molecule has 1 unspecified atom stereocenters. The zero-order valence-corrected chi connectivity index (χ0v) is 9.52. The second-order valence-corrected chi connectivity index (χ2v) is 4.72. The summed E-state index contributed by atoms with van der Waals surface area (Å²) in [4.78, 5) is 9.88. The summed E-state index contributed by atoms with van der Waals surface area (Å²) in [7, 11) is 0. The summed E-state index contributed by atoms with van der Waals surface area (Å²) in [6, 6.07) is 4.18. The standard InChI is InChI=1S/C12H14FNO3/c1-8(15)12(5-6-12)7-9-3-2-4-10(11(9)13)14(16)17/h2-4,8,15H,5-7H2,1H3. The summed E-state index contributed by atoms with van der Waals surface area (Å²) < 4.78 is 13.8. The highest BCUT2D eigenvalue weighted by Gasteiger charge is 2.47. The van der Waals surface area contributed by atoms with Gasteiger partial charge in [0, 0.05) is 11.5 Å². The number of rotatable bonds is 4. The van der Waals surface area contributed by atoms with Gasteiger partial charge in [-0.1, -0.05) is 12.1 Å². The third-order valence-electron chi connectivity index (χ3n) is 3.58. The van der Waals surface area contributed by atoms with Gasteiger partial charge in [0.1, 0.15) is 0 Å². The first-order valence-corrected chi connectivity index (χ1v) is 5.56. The van der Waals surface area contributed by atoms with Crippen molar-refractivity contribution in [2.24, 2.45) is 5.41 Å².